The van der Waals surface area contributed by atoms with Gasteiger partial charge in [0.25, 0.3) is 0 Å². The third-order valence-electron chi connectivity index (χ3n) is 3.42. The number of ether oxygens (including phenoxy) is 1. The van der Waals surface area contributed by atoms with Crippen LogP contribution in [0.3, 0.4) is 0 Å². The summed E-state index contributed by atoms with van der Waals surface area (Å²) in [6, 6.07) is 4.96. The normalized spacial score (nSPS) is 11.8. The minimum atomic E-state index is -4.55. The van der Waals surface area contributed by atoms with Gasteiger partial charge >= 0.3 is 6.18 Å². The van der Waals surface area contributed by atoms with E-state index >= 15 is 0 Å². The topological polar surface area (TPSA) is 37.7 Å². The van der Waals surface area contributed by atoms with Crippen LogP contribution in [-0.2, 0) is 6.18 Å². The van der Waals surface area contributed by atoms with E-state index in [2.05, 4.69) is 9.98 Å². The molecule has 0 amide bonds. The highest BCUT2D eigenvalue weighted by Gasteiger charge is 2.33. The van der Waals surface area contributed by atoms with Crippen molar-refractivity contribution in [2.75, 3.05) is 13.6 Å². The molecule has 25 heavy (non-hydrogen) atoms. The molecule has 0 bridgehead atoms. The van der Waals surface area contributed by atoms with E-state index in [0.717, 1.165) is 24.2 Å². The Bertz CT molecular complexity index is 778. The zero-order valence-electron chi connectivity index (χ0n) is 13.9. The van der Waals surface area contributed by atoms with Crippen LogP contribution in [0.1, 0.15) is 18.1 Å². The van der Waals surface area contributed by atoms with Gasteiger partial charge in [-0.15, -0.1) is 0 Å². The fourth-order valence-corrected chi connectivity index (χ4v) is 2.09. The Morgan fingerprint density at radius 3 is 2.64 bits per heavy atom. The third kappa shape index (κ3) is 5.09. The van der Waals surface area contributed by atoms with Crippen LogP contribution in [0.25, 0.3) is 0 Å². The molecule has 0 aliphatic carbocycles. The van der Waals surface area contributed by atoms with Crippen molar-refractivity contribution in [2.45, 2.75) is 20.0 Å². The number of hydrogen-bond donors (Lipinski definition) is 0. The van der Waals surface area contributed by atoms with Gasteiger partial charge in [-0.2, -0.15) is 13.2 Å². The Kier molecular flexibility index (Phi) is 5.89. The van der Waals surface area contributed by atoms with E-state index < -0.39 is 11.7 Å². The van der Waals surface area contributed by atoms with E-state index in [0.29, 0.717) is 5.69 Å². The van der Waals surface area contributed by atoms with Crippen LogP contribution in [0.5, 0.6) is 11.6 Å². The third-order valence-corrected chi connectivity index (χ3v) is 3.75. The van der Waals surface area contributed by atoms with Gasteiger partial charge in [0.2, 0.25) is 5.88 Å². The number of pyridine rings is 1. The molecule has 0 atom stereocenters. The van der Waals surface area contributed by atoms with Gasteiger partial charge in [-0.25, -0.2) is 9.98 Å². The minimum Gasteiger partial charge on any atom is -0.439 e. The molecule has 0 aliphatic rings. The molecule has 4 nitrogen and oxygen atoms in total. The molecule has 1 heterocycles. The van der Waals surface area contributed by atoms with E-state index in [1.54, 1.807) is 12.4 Å². The van der Waals surface area contributed by atoms with E-state index in [-0.39, 0.29) is 16.7 Å². The zero-order chi connectivity index (χ0) is 18.6. The highest BCUT2D eigenvalue weighted by molar-refractivity contribution is 6.31. The number of rotatable bonds is 5. The molecule has 134 valence electrons. The van der Waals surface area contributed by atoms with Gasteiger partial charge in [0.15, 0.2) is 0 Å². The molecule has 0 fully saturated rings. The second-order valence-corrected chi connectivity index (χ2v) is 5.78. The van der Waals surface area contributed by atoms with E-state index in [1.807, 2.05) is 25.8 Å². The second kappa shape index (κ2) is 7.74. The van der Waals surface area contributed by atoms with E-state index in [4.69, 9.17) is 16.3 Å². The summed E-state index contributed by atoms with van der Waals surface area (Å²) in [7, 11) is 1.89. The van der Waals surface area contributed by atoms with Crippen molar-refractivity contribution >= 4 is 23.6 Å². The number of hydrogen-bond acceptors (Lipinski definition) is 3. The molecule has 0 aliphatic heterocycles. The van der Waals surface area contributed by atoms with Gasteiger partial charge in [0.05, 0.1) is 28.8 Å². The number of aliphatic imine (C=N–C) groups is 1. The first-order chi connectivity index (χ1) is 11.7. The Morgan fingerprint density at radius 1 is 1.32 bits per heavy atom. The van der Waals surface area contributed by atoms with Crippen LogP contribution in [-0.4, -0.2) is 29.8 Å². The Balaban J connectivity index is 2.22. The lowest BCUT2D eigenvalue weighted by Gasteiger charge is -2.12. The summed E-state index contributed by atoms with van der Waals surface area (Å²) in [6.45, 7) is 4.63. The standard InChI is InChI=1S/C17H17ClF3N3O/c1-4-24(3)10-23-15-9-22-16(7-11(15)2)25-12-5-6-14(18)13(8-12)17(19,20)21/h5-10H,4H2,1-3H3/b23-10+. The molecule has 0 saturated carbocycles. The second-order valence-electron chi connectivity index (χ2n) is 5.37. The Labute approximate surface area is 148 Å². The first kappa shape index (κ1) is 19.1. The highest BCUT2D eigenvalue weighted by atomic mass is 35.5. The van der Waals surface area contributed by atoms with Crippen molar-refractivity contribution < 1.29 is 17.9 Å². The molecule has 1 aromatic heterocycles. The van der Waals surface area contributed by atoms with Gasteiger partial charge in [-0.3, -0.25) is 0 Å². The maximum absolute atomic E-state index is 12.9. The lowest BCUT2D eigenvalue weighted by molar-refractivity contribution is -0.137. The van der Waals surface area contributed by atoms with Crippen molar-refractivity contribution in [3.8, 4) is 11.6 Å². The molecule has 0 saturated heterocycles. The number of aromatic nitrogens is 1. The summed E-state index contributed by atoms with van der Waals surface area (Å²) in [4.78, 5) is 10.3. The molecular weight excluding hydrogens is 355 g/mol. The first-order valence-electron chi connectivity index (χ1n) is 7.46. The summed E-state index contributed by atoms with van der Waals surface area (Å²) in [6.07, 6.45) is -1.37. The number of halogens is 4. The Hall–Kier alpha value is -2.28. The summed E-state index contributed by atoms with van der Waals surface area (Å²) in [5, 5.41) is -0.381. The lowest BCUT2D eigenvalue weighted by Crippen LogP contribution is -2.14. The summed E-state index contributed by atoms with van der Waals surface area (Å²) in [5.74, 6) is 0.182. The van der Waals surface area contributed by atoms with Crippen LogP contribution in [0.15, 0.2) is 35.5 Å². The maximum Gasteiger partial charge on any atom is 0.417 e. The molecule has 2 rings (SSSR count). The summed E-state index contributed by atoms with van der Waals surface area (Å²) >= 11 is 5.59. The quantitative estimate of drug-likeness (QED) is 0.517. The molecule has 2 aromatic rings. The molecule has 0 radical (unpaired) electrons. The molecule has 0 unspecified atom stereocenters. The van der Waals surface area contributed by atoms with Crippen LogP contribution < -0.4 is 4.74 Å². The predicted octanol–water partition coefficient (Wildman–Crippen LogP) is 5.47. The SMILES string of the molecule is CCN(C)/C=N/c1cnc(Oc2ccc(Cl)c(C(F)(F)F)c2)cc1C. The average molecular weight is 372 g/mol. The predicted molar refractivity (Wildman–Crippen MR) is 92.0 cm³/mol. The van der Waals surface area contributed by atoms with Crippen LogP contribution in [0, 0.1) is 6.92 Å². The highest BCUT2D eigenvalue weighted by Crippen LogP contribution is 2.37. The molecule has 8 heteroatoms. The van der Waals surface area contributed by atoms with E-state index in [9.17, 15) is 13.2 Å². The largest absolute Gasteiger partial charge is 0.439 e. The number of nitrogens with zero attached hydrogens (tertiary/aromatic N) is 3. The monoisotopic (exact) mass is 371 g/mol. The fraction of sp³-hybridized carbons (Fsp3) is 0.294. The molecule has 0 spiro atoms. The van der Waals surface area contributed by atoms with Crippen LogP contribution in [0.2, 0.25) is 5.02 Å². The summed E-state index contributed by atoms with van der Waals surface area (Å²) in [5.41, 5.74) is 0.489. The smallest absolute Gasteiger partial charge is 0.417 e. The molecule has 1 aromatic carbocycles. The molecular formula is C17H17ClF3N3O. The summed E-state index contributed by atoms with van der Waals surface area (Å²) < 4.78 is 44.1. The number of benzene rings is 1. The van der Waals surface area contributed by atoms with Crippen LogP contribution in [0.4, 0.5) is 18.9 Å². The van der Waals surface area contributed by atoms with Crippen molar-refractivity contribution in [3.63, 3.8) is 0 Å². The van der Waals surface area contributed by atoms with Crippen molar-refractivity contribution in [1.82, 2.24) is 9.88 Å². The maximum atomic E-state index is 12.9. The number of aryl methyl sites for hydroxylation is 1. The zero-order valence-corrected chi connectivity index (χ0v) is 14.7. The van der Waals surface area contributed by atoms with E-state index in [1.165, 1.54) is 12.3 Å². The van der Waals surface area contributed by atoms with Crippen molar-refractivity contribution in [3.05, 3.63) is 46.6 Å². The van der Waals surface area contributed by atoms with Gasteiger partial charge in [0, 0.05) is 19.7 Å². The Morgan fingerprint density at radius 2 is 2.04 bits per heavy atom. The fourth-order valence-electron chi connectivity index (χ4n) is 1.86. The van der Waals surface area contributed by atoms with Gasteiger partial charge in [-0.05, 0) is 37.6 Å². The number of alkyl halides is 3. The lowest BCUT2D eigenvalue weighted by atomic mass is 10.2. The van der Waals surface area contributed by atoms with Gasteiger partial charge in [-0.1, -0.05) is 11.6 Å². The van der Waals surface area contributed by atoms with Crippen LogP contribution >= 0.6 is 11.6 Å². The van der Waals surface area contributed by atoms with Crippen molar-refractivity contribution in [1.29, 1.82) is 0 Å². The first-order valence-corrected chi connectivity index (χ1v) is 7.84. The van der Waals surface area contributed by atoms with Crippen molar-refractivity contribution in [2.24, 2.45) is 4.99 Å². The van der Waals surface area contributed by atoms with Gasteiger partial charge in [0.1, 0.15) is 5.75 Å². The van der Waals surface area contributed by atoms with Gasteiger partial charge < -0.3 is 9.64 Å². The average Bonchev–Trinajstić information content (AvgIpc) is 2.54. The minimum absolute atomic E-state index is 0.00518. The molecule has 0 N–H and O–H groups in total.